The van der Waals surface area contributed by atoms with E-state index in [-0.39, 0.29) is 17.2 Å². The molecule has 0 atom stereocenters. The van der Waals surface area contributed by atoms with Crippen LogP contribution < -0.4 is 10.4 Å². The van der Waals surface area contributed by atoms with Gasteiger partial charge >= 0.3 is 5.97 Å². The zero-order valence-corrected chi connectivity index (χ0v) is 12.0. The summed E-state index contributed by atoms with van der Waals surface area (Å²) >= 11 is 5.91. The van der Waals surface area contributed by atoms with Gasteiger partial charge in [0.25, 0.3) is 0 Å². The van der Waals surface area contributed by atoms with Gasteiger partial charge in [0, 0.05) is 11.9 Å². The average Bonchev–Trinajstić information content (AvgIpc) is 2.45. The van der Waals surface area contributed by atoms with Gasteiger partial charge in [-0.25, -0.2) is 9.80 Å². The lowest BCUT2D eigenvalue weighted by Gasteiger charge is -2.24. The number of benzene rings is 2. The van der Waals surface area contributed by atoms with Gasteiger partial charge in [-0.1, -0.05) is 29.8 Å². The van der Waals surface area contributed by atoms with Crippen molar-refractivity contribution in [3.63, 3.8) is 0 Å². The molecule has 0 aromatic heterocycles. The van der Waals surface area contributed by atoms with E-state index in [1.165, 1.54) is 25.1 Å². The first kappa shape index (κ1) is 14.9. The molecule has 0 spiro atoms. The van der Waals surface area contributed by atoms with Crippen LogP contribution in [0.25, 0.3) is 0 Å². The maximum absolute atomic E-state index is 11.9. The molecule has 2 N–H and O–H groups in total. The molecule has 2 rings (SSSR count). The summed E-state index contributed by atoms with van der Waals surface area (Å²) in [5.41, 5.74) is 3.71. The fourth-order valence-electron chi connectivity index (χ4n) is 1.82. The van der Waals surface area contributed by atoms with Gasteiger partial charge in [-0.15, -0.1) is 0 Å². The first-order valence-electron chi connectivity index (χ1n) is 6.14. The van der Waals surface area contributed by atoms with Crippen LogP contribution in [0.3, 0.4) is 0 Å². The van der Waals surface area contributed by atoms with Crippen molar-refractivity contribution in [2.24, 2.45) is 0 Å². The molecule has 0 aliphatic rings. The molecule has 6 heteroatoms. The average molecular weight is 305 g/mol. The maximum Gasteiger partial charge on any atom is 0.337 e. The quantitative estimate of drug-likeness (QED) is 0.849. The highest BCUT2D eigenvalue weighted by Crippen LogP contribution is 2.26. The molecule has 0 bridgehead atoms. The molecule has 2 aromatic rings. The Morgan fingerprint density at radius 2 is 1.81 bits per heavy atom. The van der Waals surface area contributed by atoms with Crippen LogP contribution in [0.15, 0.2) is 48.5 Å². The van der Waals surface area contributed by atoms with E-state index in [0.29, 0.717) is 10.7 Å². The number of halogens is 1. The highest BCUT2D eigenvalue weighted by Gasteiger charge is 2.20. The van der Waals surface area contributed by atoms with Crippen LogP contribution >= 0.6 is 11.6 Å². The van der Waals surface area contributed by atoms with Gasteiger partial charge in [-0.3, -0.25) is 10.2 Å². The van der Waals surface area contributed by atoms with E-state index in [9.17, 15) is 14.7 Å². The number of carbonyl (C=O) groups excluding carboxylic acids is 1. The van der Waals surface area contributed by atoms with Crippen molar-refractivity contribution in [3.05, 3.63) is 59.1 Å². The predicted octanol–water partition coefficient (Wildman–Crippen LogP) is 3.42. The number of amides is 1. The van der Waals surface area contributed by atoms with Crippen LogP contribution in [0.5, 0.6) is 0 Å². The number of nitrogens with zero attached hydrogens (tertiary/aromatic N) is 1. The van der Waals surface area contributed by atoms with Crippen LogP contribution in [0.2, 0.25) is 5.02 Å². The van der Waals surface area contributed by atoms with Crippen molar-refractivity contribution >= 4 is 34.9 Å². The number of anilines is 2. The lowest BCUT2D eigenvalue weighted by Crippen LogP contribution is -2.35. The third kappa shape index (κ3) is 3.52. The van der Waals surface area contributed by atoms with E-state index in [0.717, 1.165) is 5.01 Å². The molecule has 0 aliphatic heterocycles. The third-order valence-electron chi connectivity index (χ3n) is 2.76. The molecule has 0 saturated heterocycles. The number of rotatable bonds is 4. The van der Waals surface area contributed by atoms with Gasteiger partial charge in [0.1, 0.15) is 0 Å². The summed E-state index contributed by atoms with van der Waals surface area (Å²) in [6, 6.07) is 13.2. The van der Waals surface area contributed by atoms with Crippen molar-refractivity contribution in [1.29, 1.82) is 0 Å². The van der Waals surface area contributed by atoms with Crippen LogP contribution in [0.1, 0.15) is 17.3 Å². The Morgan fingerprint density at radius 3 is 2.38 bits per heavy atom. The molecule has 0 radical (unpaired) electrons. The van der Waals surface area contributed by atoms with Crippen LogP contribution in [-0.4, -0.2) is 17.0 Å². The molecule has 5 nitrogen and oxygen atoms in total. The molecule has 0 saturated carbocycles. The highest BCUT2D eigenvalue weighted by atomic mass is 35.5. The van der Waals surface area contributed by atoms with Crippen LogP contribution in [0, 0.1) is 0 Å². The summed E-state index contributed by atoms with van der Waals surface area (Å²) in [5.74, 6) is -1.49. The summed E-state index contributed by atoms with van der Waals surface area (Å²) < 4.78 is 0. The first-order valence-corrected chi connectivity index (χ1v) is 6.52. The highest BCUT2D eigenvalue weighted by molar-refractivity contribution is 6.31. The minimum Gasteiger partial charge on any atom is -0.478 e. The van der Waals surface area contributed by atoms with E-state index in [2.05, 4.69) is 5.43 Å². The Labute approximate surface area is 126 Å². The second kappa shape index (κ2) is 6.28. The van der Waals surface area contributed by atoms with E-state index >= 15 is 0 Å². The minimum atomic E-state index is -1.14. The zero-order chi connectivity index (χ0) is 15.4. The van der Waals surface area contributed by atoms with Crippen molar-refractivity contribution in [1.82, 2.24) is 0 Å². The van der Waals surface area contributed by atoms with Crippen molar-refractivity contribution < 1.29 is 14.7 Å². The number of carbonyl (C=O) groups is 2. The SMILES string of the molecule is CC(=O)N(Nc1ccccc1)c1cc(Cl)ccc1C(=O)O. The fraction of sp³-hybridized carbons (Fsp3) is 0.0667. The monoisotopic (exact) mass is 304 g/mol. The number of carboxylic acids is 1. The Bertz CT molecular complexity index is 674. The van der Waals surface area contributed by atoms with Gasteiger partial charge in [0.2, 0.25) is 5.91 Å². The lowest BCUT2D eigenvalue weighted by atomic mass is 10.1. The second-order valence-electron chi connectivity index (χ2n) is 4.30. The van der Waals surface area contributed by atoms with E-state index in [1.807, 2.05) is 6.07 Å². The van der Waals surface area contributed by atoms with Crippen molar-refractivity contribution in [2.45, 2.75) is 6.92 Å². The number of aromatic carboxylic acids is 1. The molecule has 0 aliphatic carbocycles. The van der Waals surface area contributed by atoms with Crippen LogP contribution in [0.4, 0.5) is 11.4 Å². The Kier molecular flexibility index (Phi) is 4.45. The molecular formula is C15H13ClN2O3. The lowest BCUT2D eigenvalue weighted by molar-refractivity contribution is -0.116. The third-order valence-corrected chi connectivity index (χ3v) is 3.00. The number of hydrazine groups is 1. The van der Waals surface area contributed by atoms with Gasteiger partial charge in [0.15, 0.2) is 0 Å². The smallest absolute Gasteiger partial charge is 0.337 e. The van der Waals surface area contributed by atoms with E-state index in [1.54, 1.807) is 24.3 Å². The van der Waals surface area contributed by atoms with Crippen molar-refractivity contribution in [2.75, 3.05) is 10.4 Å². The Balaban J connectivity index is 2.46. The van der Waals surface area contributed by atoms with Crippen molar-refractivity contribution in [3.8, 4) is 0 Å². The second-order valence-corrected chi connectivity index (χ2v) is 4.74. The molecule has 0 unspecified atom stereocenters. The van der Waals surface area contributed by atoms with Gasteiger partial charge in [-0.2, -0.15) is 0 Å². The summed E-state index contributed by atoms with van der Waals surface area (Å²) in [6.07, 6.45) is 0. The zero-order valence-electron chi connectivity index (χ0n) is 11.2. The molecule has 1 amide bonds. The Morgan fingerprint density at radius 1 is 1.14 bits per heavy atom. The van der Waals surface area contributed by atoms with Gasteiger partial charge < -0.3 is 5.11 Å². The minimum absolute atomic E-state index is 0.0157. The fourth-order valence-corrected chi connectivity index (χ4v) is 1.99. The largest absolute Gasteiger partial charge is 0.478 e. The molecular weight excluding hydrogens is 292 g/mol. The van der Waals surface area contributed by atoms with E-state index < -0.39 is 5.97 Å². The molecule has 21 heavy (non-hydrogen) atoms. The number of hydrogen-bond acceptors (Lipinski definition) is 3. The molecule has 2 aromatic carbocycles. The van der Waals surface area contributed by atoms with E-state index in [4.69, 9.17) is 11.6 Å². The number of nitrogens with one attached hydrogen (secondary N) is 1. The van der Waals surface area contributed by atoms with Crippen LogP contribution in [-0.2, 0) is 4.79 Å². The topological polar surface area (TPSA) is 69.6 Å². The Hall–Kier alpha value is -2.53. The summed E-state index contributed by atoms with van der Waals surface area (Å²) in [5, 5.41) is 10.7. The number of hydrogen-bond donors (Lipinski definition) is 2. The summed E-state index contributed by atoms with van der Waals surface area (Å²) in [4.78, 5) is 23.2. The van der Waals surface area contributed by atoms with Gasteiger partial charge in [0.05, 0.1) is 16.9 Å². The summed E-state index contributed by atoms with van der Waals surface area (Å²) in [7, 11) is 0. The first-order chi connectivity index (χ1) is 9.99. The van der Waals surface area contributed by atoms with Gasteiger partial charge in [-0.05, 0) is 30.3 Å². The summed E-state index contributed by atoms with van der Waals surface area (Å²) in [6.45, 7) is 1.34. The molecule has 0 fully saturated rings. The maximum atomic E-state index is 11.9. The number of carboxylic acid groups (broad SMARTS) is 1. The predicted molar refractivity (Wildman–Crippen MR) is 81.6 cm³/mol. The standard InChI is InChI=1S/C15H13ClN2O3/c1-10(19)18(17-12-5-3-2-4-6-12)14-9-11(16)7-8-13(14)15(20)21/h2-9,17H,1H3,(H,20,21). The molecule has 108 valence electrons. The normalized spacial score (nSPS) is 10.0. The molecule has 0 heterocycles. The number of para-hydroxylation sites is 1.